The highest BCUT2D eigenvalue weighted by molar-refractivity contribution is 14.1. The predicted molar refractivity (Wildman–Crippen MR) is 53.4 cm³/mol. The third kappa shape index (κ3) is 3.50. The second-order valence-electron chi connectivity index (χ2n) is 2.00. The average Bonchev–Trinajstić information content (AvgIpc) is 1.98. The molecule has 0 N–H and O–H groups in total. The van der Waals surface area contributed by atoms with Crippen LogP contribution >= 0.6 is 22.6 Å². The van der Waals surface area contributed by atoms with Gasteiger partial charge in [-0.1, -0.05) is 34.7 Å². The molecular formula is C7H10INO2. The second-order valence-corrected chi connectivity index (χ2v) is 2.76. The lowest BCUT2D eigenvalue weighted by atomic mass is 10.2. The quantitative estimate of drug-likeness (QED) is 0.259. The van der Waals surface area contributed by atoms with E-state index in [4.69, 9.17) is 0 Å². The van der Waals surface area contributed by atoms with Gasteiger partial charge in [-0.25, -0.2) is 0 Å². The largest absolute Gasteiger partial charge is 0.259 e. The fourth-order valence-electron chi connectivity index (χ4n) is 0.580. The Hall–Kier alpha value is -0.390. The Kier molecular flexibility index (Phi) is 5.10. The van der Waals surface area contributed by atoms with Gasteiger partial charge >= 0.3 is 0 Å². The van der Waals surface area contributed by atoms with Gasteiger partial charge in [-0.05, 0) is 6.92 Å². The highest BCUT2D eigenvalue weighted by Crippen LogP contribution is 2.09. The monoisotopic (exact) mass is 267 g/mol. The minimum Gasteiger partial charge on any atom is -0.259 e. The molecular weight excluding hydrogens is 257 g/mol. The van der Waals surface area contributed by atoms with Crippen LogP contribution in [0.15, 0.2) is 23.4 Å². The predicted octanol–water partition coefficient (Wildman–Crippen LogP) is 2.55. The topological polar surface area (TPSA) is 43.1 Å². The van der Waals surface area contributed by atoms with E-state index in [-0.39, 0.29) is 10.6 Å². The number of rotatable bonds is 3. The van der Waals surface area contributed by atoms with E-state index in [0.29, 0.717) is 4.43 Å². The zero-order valence-corrected chi connectivity index (χ0v) is 8.66. The molecule has 11 heavy (non-hydrogen) atoms. The van der Waals surface area contributed by atoms with Gasteiger partial charge in [0.2, 0.25) is 5.70 Å². The summed E-state index contributed by atoms with van der Waals surface area (Å²) in [5.41, 5.74) is 1.01. The van der Waals surface area contributed by atoms with Crippen LogP contribution in [-0.4, -0.2) is 9.35 Å². The van der Waals surface area contributed by atoms with Crippen LogP contribution in [0.3, 0.4) is 0 Å². The van der Waals surface area contributed by atoms with Gasteiger partial charge in [0.1, 0.15) is 0 Å². The molecule has 0 aliphatic rings. The van der Waals surface area contributed by atoms with Crippen molar-refractivity contribution in [1.29, 1.82) is 0 Å². The van der Waals surface area contributed by atoms with Crippen LogP contribution in [0.5, 0.6) is 0 Å². The Morgan fingerprint density at radius 3 is 2.55 bits per heavy atom. The molecule has 0 bridgehead atoms. The van der Waals surface area contributed by atoms with E-state index in [1.165, 1.54) is 6.92 Å². The van der Waals surface area contributed by atoms with Gasteiger partial charge in [0.05, 0.1) is 4.92 Å². The van der Waals surface area contributed by atoms with Crippen molar-refractivity contribution in [2.24, 2.45) is 0 Å². The number of halogens is 1. The van der Waals surface area contributed by atoms with Crippen molar-refractivity contribution in [3.8, 4) is 0 Å². The molecule has 0 aromatic heterocycles. The summed E-state index contributed by atoms with van der Waals surface area (Å²) < 4.78 is 0.676. The molecule has 0 aliphatic carbocycles. The van der Waals surface area contributed by atoms with Crippen molar-refractivity contribution < 1.29 is 4.92 Å². The fraction of sp³-hybridized carbons (Fsp3) is 0.429. The van der Waals surface area contributed by atoms with Crippen LogP contribution in [0.2, 0.25) is 0 Å². The number of hydrogen-bond donors (Lipinski definition) is 0. The number of hydrogen-bond acceptors (Lipinski definition) is 2. The molecule has 0 aromatic carbocycles. The Morgan fingerprint density at radius 1 is 1.73 bits per heavy atom. The molecule has 0 saturated heterocycles. The number of alkyl halides is 1. The van der Waals surface area contributed by atoms with E-state index in [1.807, 2.05) is 6.92 Å². The van der Waals surface area contributed by atoms with Crippen LogP contribution in [0, 0.1) is 10.1 Å². The lowest BCUT2D eigenvalue weighted by Crippen LogP contribution is -1.98. The summed E-state index contributed by atoms with van der Waals surface area (Å²) in [5, 5.41) is 10.3. The molecule has 0 aromatic rings. The molecule has 4 heteroatoms. The second kappa shape index (κ2) is 5.29. The molecule has 0 atom stereocenters. The standard InChI is InChI=1S/C7H10INO2/c1-3-4-7(5-8)6(2)9(10)11/h3-4H,5H2,1-2H3/b4-3-,7-6-. The summed E-state index contributed by atoms with van der Waals surface area (Å²) in [5.74, 6) is 0. The summed E-state index contributed by atoms with van der Waals surface area (Å²) in [6.07, 6.45) is 3.57. The normalized spacial score (nSPS) is 13.4. The van der Waals surface area contributed by atoms with E-state index < -0.39 is 0 Å². The van der Waals surface area contributed by atoms with Crippen molar-refractivity contribution >= 4 is 22.6 Å². The minimum absolute atomic E-state index is 0.234. The fourth-order valence-corrected chi connectivity index (χ4v) is 1.39. The first-order valence-corrected chi connectivity index (χ1v) is 4.68. The van der Waals surface area contributed by atoms with Crippen molar-refractivity contribution in [1.82, 2.24) is 0 Å². The first-order chi connectivity index (χ1) is 5.13. The summed E-state index contributed by atoms with van der Waals surface area (Å²) in [4.78, 5) is 9.93. The molecule has 0 fully saturated rings. The van der Waals surface area contributed by atoms with Gasteiger partial charge in [0, 0.05) is 16.9 Å². The van der Waals surface area contributed by atoms with Crippen molar-refractivity contribution in [2.75, 3.05) is 4.43 Å². The Morgan fingerprint density at radius 2 is 2.27 bits per heavy atom. The van der Waals surface area contributed by atoms with Gasteiger partial charge in [-0.3, -0.25) is 10.1 Å². The van der Waals surface area contributed by atoms with E-state index in [2.05, 4.69) is 22.6 Å². The number of nitro groups is 1. The molecule has 0 aliphatic heterocycles. The molecule has 0 amide bonds. The van der Waals surface area contributed by atoms with E-state index in [1.54, 1.807) is 12.2 Å². The highest BCUT2D eigenvalue weighted by atomic mass is 127. The Bertz CT molecular complexity index is 208. The van der Waals surface area contributed by atoms with Crippen molar-refractivity contribution in [3.63, 3.8) is 0 Å². The Balaban J connectivity index is 4.67. The molecule has 0 unspecified atom stereocenters. The zero-order valence-electron chi connectivity index (χ0n) is 6.50. The molecule has 0 radical (unpaired) electrons. The van der Waals surface area contributed by atoms with Crippen molar-refractivity contribution in [3.05, 3.63) is 33.5 Å². The summed E-state index contributed by atoms with van der Waals surface area (Å²) in [6.45, 7) is 3.37. The first kappa shape index (κ1) is 10.6. The molecule has 0 saturated carbocycles. The van der Waals surface area contributed by atoms with Crippen LogP contribution in [0.4, 0.5) is 0 Å². The molecule has 0 spiro atoms. The maximum atomic E-state index is 10.3. The molecule has 0 heterocycles. The Labute approximate surface area is 79.5 Å². The average molecular weight is 267 g/mol. The van der Waals surface area contributed by atoms with Crippen LogP contribution < -0.4 is 0 Å². The molecule has 0 rings (SSSR count). The van der Waals surface area contributed by atoms with Gasteiger partial charge in [0.25, 0.3) is 0 Å². The van der Waals surface area contributed by atoms with E-state index in [0.717, 1.165) is 5.57 Å². The van der Waals surface area contributed by atoms with Crippen LogP contribution in [0.1, 0.15) is 13.8 Å². The number of allylic oxidation sites excluding steroid dienone is 4. The summed E-state index contributed by atoms with van der Waals surface area (Å²) in [6, 6.07) is 0. The molecule has 3 nitrogen and oxygen atoms in total. The van der Waals surface area contributed by atoms with E-state index in [9.17, 15) is 10.1 Å². The van der Waals surface area contributed by atoms with Gasteiger partial charge in [-0.2, -0.15) is 0 Å². The molecule has 62 valence electrons. The van der Waals surface area contributed by atoms with Crippen LogP contribution in [0.25, 0.3) is 0 Å². The van der Waals surface area contributed by atoms with Gasteiger partial charge in [0.15, 0.2) is 0 Å². The highest BCUT2D eigenvalue weighted by Gasteiger charge is 2.07. The van der Waals surface area contributed by atoms with Crippen LogP contribution in [-0.2, 0) is 0 Å². The third-order valence-corrected chi connectivity index (χ3v) is 2.07. The van der Waals surface area contributed by atoms with Crippen molar-refractivity contribution in [2.45, 2.75) is 13.8 Å². The summed E-state index contributed by atoms with van der Waals surface area (Å²) >= 11 is 2.11. The lowest BCUT2D eigenvalue weighted by Gasteiger charge is -1.95. The van der Waals surface area contributed by atoms with Gasteiger partial charge < -0.3 is 0 Å². The lowest BCUT2D eigenvalue weighted by molar-refractivity contribution is -0.425. The minimum atomic E-state index is -0.353. The maximum Gasteiger partial charge on any atom is 0.247 e. The van der Waals surface area contributed by atoms with E-state index >= 15 is 0 Å². The SMILES string of the molecule is C/C=C\C(CI)=C(/C)[N+](=O)[O-]. The third-order valence-electron chi connectivity index (χ3n) is 1.25. The maximum absolute atomic E-state index is 10.3. The van der Waals surface area contributed by atoms with Gasteiger partial charge in [-0.15, -0.1) is 0 Å². The zero-order chi connectivity index (χ0) is 8.85. The first-order valence-electron chi connectivity index (χ1n) is 3.16. The summed E-state index contributed by atoms with van der Waals surface area (Å²) in [7, 11) is 0. The number of nitrogens with zero attached hydrogens (tertiary/aromatic N) is 1. The smallest absolute Gasteiger partial charge is 0.247 e.